The Morgan fingerprint density at radius 3 is 2.57 bits per heavy atom. The van der Waals surface area contributed by atoms with Crippen molar-refractivity contribution in [2.45, 2.75) is 6.18 Å². The fourth-order valence-corrected chi connectivity index (χ4v) is 2.26. The minimum absolute atomic E-state index is 0.245. The van der Waals surface area contributed by atoms with E-state index in [1.807, 2.05) is 0 Å². The van der Waals surface area contributed by atoms with Gasteiger partial charge in [0.15, 0.2) is 0 Å². The van der Waals surface area contributed by atoms with Gasteiger partial charge in [0.2, 0.25) is 0 Å². The topological polar surface area (TPSA) is 12.9 Å². The molecule has 0 aromatic carbocycles. The summed E-state index contributed by atoms with van der Waals surface area (Å²) in [5.74, 6) is 0. The van der Waals surface area contributed by atoms with Crippen LogP contribution in [-0.2, 0) is 6.18 Å². The highest BCUT2D eigenvalue weighted by atomic mass is 35.5. The monoisotopic (exact) mass is 237 g/mol. The third-order valence-corrected chi connectivity index (χ3v) is 3.09. The van der Waals surface area contributed by atoms with Gasteiger partial charge < -0.3 is 0 Å². The molecule has 0 aliphatic rings. The van der Waals surface area contributed by atoms with Gasteiger partial charge in [-0.15, -0.1) is 11.3 Å². The number of nitrogens with zero attached hydrogens (tertiary/aromatic N) is 1. The third kappa shape index (κ3) is 1.57. The molecule has 2 rings (SSSR count). The Kier molecular flexibility index (Phi) is 2.16. The number of halogens is 4. The van der Waals surface area contributed by atoms with E-state index < -0.39 is 11.1 Å². The zero-order valence-corrected chi connectivity index (χ0v) is 8.17. The van der Waals surface area contributed by atoms with Crippen LogP contribution in [-0.4, -0.2) is 4.98 Å². The molecule has 6 heteroatoms. The van der Waals surface area contributed by atoms with E-state index in [9.17, 15) is 13.2 Å². The predicted molar refractivity (Wildman–Crippen MR) is 49.6 cm³/mol. The number of thiophene rings is 1. The van der Waals surface area contributed by atoms with Crippen molar-refractivity contribution in [2.75, 3.05) is 0 Å². The first-order valence-electron chi connectivity index (χ1n) is 3.59. The van der Waals surface area contributed by atoms with Gasteiger partial charge in [0.1, 0.15) is 4.88 Å². The number of aromatic nitrogens is 1. The standard InChI is InChI=1S/C8H3ClF3NS/c9-5-2-13-3-6-4(5)1-7(14-6)8(10,11)12/h1-3H. The molecule has 0 saturated heterocycles. The summed E-state index contributed by atoms with van der Waals surface area (Å²) in [5, 5.41) is 0.647. The first-order chi connectivity index (χ1) is 6.48. The van der Waals surface area contributed by atoms with Gasteiger partial charge in [-0.05, 0) is 6.07 Å². The highest BCUT2D eigenvalue weighted by Crippen LogP contribution is 2.39. The Bertz CT molecular complexity index is 477. The first kappa shape index (κ1) is 9.73. The first-order valence-corrected chi connectivity index (χ1v) is 4.78. The quantitative estimate of drug-likeness (QED) is 0.676. The molecule has 0 aliphatic heterocycles. The van der Waals surface area contributed by atoms with E-state index in [0.717, 1.165) is 6.07 Å². The summed E-state index contributed by atoms with van der Waals surface area (Å²) in [6, 6.07) is 1.05. The van der Waals surface area contributed by atoms with Gasteiger partial charge in [0.05, 0.1) is 9.72 Å². The molecule has 1 nitrogen and oxygen atoms in total. The maximum absolute atomic E-state index is 12.3. The average molecular weight is 238 g/mol. The molecule has 0 bridgehead atoms. The SMILES string of the molecule is FC(F)(F)c1cc2c(Cl)cncc2s1. The molecular formula is C8H3ClF3NS. The van der Waals surface area contributed by atoms with Crippen LogP contribution in [0.25, 0.3) is 10.1 Å². The minimum Gasteiger partial charge on any atom is -0.262 e. The second-order valence-corrected chi connectivity index (χ2v) is 4.13. The van der Waals surface area contributed by atoms with E-state index in [1.54, 1.807) is 0 Å². The lowest BCUT2D eigenvalue weighted by Crippen LogP contribution is -2.00. The van der Waals surface area contributed by atoms with Crippen molar-refractivity contribution in [3.05, 3.63) is 28.4 Å². The van der Waals surface area contributed by atoms with Crippen molar-refractivity contribution >= 4 is 33.0 Å². The molecule has 0 spiro atoms. The smallest absolute Gasteiger partial charge is 0.262 e. The molecule has 0 unspecified atom stereocenters. The normalized spacial score (nSPS) is 12.3. The van der Waals surface area contributed by atoms with Crippen molar-refractivity contribution in [3.8, 4) is 0 Å². The van der Waals surface area contributed by atoms with E-state index in [1.165, 1.54) is 12.4 Å². The fourth-order valence-electron chi connectivity index (χ4n) is 1.07. The second-order valence-electron chi connectivity index (χ2n) is 2.64. The molecule has 2 aromatic heterocycles. The van der Waals surface area contributed by atoms with Gasteiger partial charge in [-0.3, -0.25) is 4.98 Å². The van der Waals surface area contributed by atoms with Gasteiger partial charge in [-0.1, -0.05) is 11.6 Å². The third-order valence-electron chi connectivity index (χ3n) is 1.68. The number of rotatable bonds is 0. The van der Waals surface area contributed by atoms with Crippen LogP contribution in [0.15, 0.2) is 18.5 Å². The maximum atomic E-state index is 12.3. The molecule has 0 saturated carbocycles. The van der Waals surface area contributed by atoms with E-state index in [4.69, 9.17) is 11.6 Å². The highest BCUT2D eigenvalue weighted by Gasteiger charge is 2.33. The minimum atomic E-state index is -4.31. The van der Waals surface area contributed by atoms with Crippen molar-refractivity contribution in [3.63, 3.8) is 0 Å². The Morgan fingerprint density at radius 1 is 1.29 bits per heavy atom. The van der Waals surface area contributed by atoms with Crippen LogP contribution >= 0.6 is 22.9 Å². The van der Waals surface area contributed by atoms with Crippen LogP contribution in [0.3, 0.4) is 0 Å². The summed E-state index contributed by atoms with van der Waals surface area (Å²) < 4.78 is 37.4. The van der Waals surface area contributed by atoms with E-state index in [2.05, 4.69) is 4.98 Å². The molecule has 0 atom stereocenters. The summed E-state index contributed by atoms with van der Waals surface area (Å²) in [7, 11) is 0. The number of alkyl halides is 3. The lowest BCUT2D eigenvalue weighted by Gasteiger charge is -1.99. The molecule has 0 amide bonds. The summed E-state index contributed by atoms with van der Waals surface area (Å²) >= 11 is 6.34. The van der Waals surface area contributed by atoms with Gasteiger partial charge >= 0.3 is 6.18 Å². The molecule has 0 radical (unpaired) electrons. The molecule has 0 fully saturated rings. The van der Waals surface area contributed by atoms with Crippen LogP contribution in [0.4, 0.5) is 13.2 Å². The molecule has 14 heavy (non-hydrogen) atoms. The highest BCUT2D eigenvalue weighted by molar-refractivity contribution is 7.19. The molecule has 0 N–H and O–H groups in total. The summed E-state index contributed by atoms with van der Waals surface area (Å²) in [5.41, 5.74) is 0. The number of hydrogen-bond donors (Lipinski definition) is 0. The second kappa shape index (κ2) is 3.10. The molecule has 2 heterocycles. The van der Waals surface area contributed by atoms with E-state index in [-0.39, 0.29) is 5.02 Å². The Hall–Kier alpha value is -0.810. The van der Waals surface area contributed by atoms with Crippen LogP contribution in [0.2, 0.25) is 5.02 Å². The van der Waals surface area contributed by atoms with Gasteiger partial charge in [0.25, 0.3) is 0 Å². The van der Waals surface area contributed by atoms with Gasteiger partial charge in [0, 0.05) is 17.8 Å². The Labute approximate surface area is 86.1 Å². The van der Waals surface area contributed by atoms with Crippen LogP contribution in [0, 0.1) is 0 Å². The van der Waals surface area contributed by atoms with Gasteiger partial charge in [-0.2, -0.15) is 13.2 Å². The van der Waals surface area contributed by atoms with Crippen LogP contribution in [0.5, 0.6) is 0 Å². The zero-order valence-electron chi connectivity index (χ0n) is 6.60. The van der Waals surface area contributed by atoms with Crippen molar-refractivity contribution in [1.29, 1.82) is 0 Å². The summed E-state index contributed by atoms with van der Waals surface area (Å²) in [6.07, 6.45) is -1.61. The van der Waals surface area contributed by atoms with Crippen LogP contribution in [0.1, 0.15) is 4.88 Å². The number of hydrogen-bond acceptors (Lipinski definition) is 2. The zero-order chi connectivity index (χ0) is 10.3. The predicted octanol–water partition coefficient (Wildman–Crippen LogP) is 3.97. The number of pyridine rings is 1. The van der Waals surface area contributed by atoms with E-state index >= 15 is 0 Å². The lowest BCUT2D eigenvalue weighted by atomic mass is 10.3. The number of fused-ring (bicyclic) bond motifs is 1. The lowest BCUT2D eigenvalue weighted by molar-refractivity contribution is -0.134. The van der Waals surface area contributed by atoms with Gasteiger partial charge in [-0.25, -0.2) is 0 Å². The van der Waals surface area contributed by atoms with Crippen LogP contribution < -0.4 is 0 Å². The fraction of sp³-hybridized carbons (Fsp3) is 0.125. The summed E-state index contributed by atoms with van der Waals surface area (Å²) in [6.45, 7) is 0. The molecule has 0 aliphatic carbocycles. The summed E-state index contributed by atoms with van der Waals surface area (Å²) in [4.78, 5) is 3.07. The van der Waals surface area contributed by atoms with E-state index in [0.29, 0.717) is 21.4 Å². The van der Waals surface area contributed by atoms with Crippen molar-refractivity contribution < 1.29 is 13.2 Å². The largest absolute Gasteiger partial charge is 0.425 e. The molecule has 2 aromatic rings. The van der Waals surface area contributed by atoms with Crippen molar-refractivity contribution in [1.82, 2.24) is 4.98 Å². The van der Waals surface area contributed by atoms with Crippen molar-refractivity contribution in [2.24, 2.45) is 0 Å². The Balaban J connectivity index is 2.69. The Morgan fingerprint density at radius 2 is 2.00 bits per heavy atom. The maximum Gasteiger partial charge on any atom is 0.425 e. The molecule has 74 valence electrons. The average Bonchev–Trinajstić information content (AvgIpc) is 2.48. The molecular weight excluding hydrogens is 235 g/mol.